The largest absolute Gasteiger partial charge is 0.356 e. The fourth-order valence-electron chi connectivity index (χ4n) is 2.81. The molecule has 22 heavy (non-hydrogen) atoms. The third kappa shape index (κ3) is 9.26. The molecule has 1 aliphatic heterocycles. The van der Waals surface area contributed by atoms with Gasteiger partial charge in [0.15, 0.2) is 5.96 Å². The van der Waals surface area contributed by atoms with E-state index < -0.39 is 0 Å². The predicted octanol–water partition coefficient (Wildman–Crippen LogP) is 1.76. The Bertz CT molecular complexity index is 293. The van der Waals surface area contributed by atoms with Gasteiger partial charge in [-0.3, -0.25) is 4.99 Å². The summed E-state index contributed by atoms with van der Waals surface area (Å²) < 4.78 is 0. The maximum atomic E-state index is 4.29. The summed E-state index contributed by atoms with van der Waals surface area (Å²) in [4.78, 5) is 9.31. The molecule has 130 valence electrons. The van der Waals surface area contributed by atoms with Gasteiger partial charge in [0.05, 0.1) is 0 Å². The number of hydrogen-bond acceptors (Lipinski definition) is 3. The van der Waals surface area contributed by atoms with Gasteiger partial charge in [-0.15, -0.1) is 0 Å². The monoisotopic (exact) mass is 311 g/mol. The van der Waals surface area contributed by atoms with Crippen molar-refractivity contribution in [1.29, 1.82) is 0 Å². The van der Waals surface area contributed by atoms with Gasteiger partial charge in [-0.05, 0) is 45.9 Å². The number of hydrogen-bond donors (Lipinski definition) is 2. The molecule has 0 aliphatic carbocycles. The molecule has 0 radical (unpaired) electrons. The number of unbranched alkanes of at least 4 members (excludes halogenated alkanes) is 3. The number of likely N-dealkylation sites (N-methyl/N-ethyl adjacent to an activating group) is 1. The van der Waals surface area contributed by atoms with E-state index in [1.165, 1.54) is 71.2 Å². The Hall–Kier alpha value is -0.810. The second-order valence-corrected chi connectivity index (χ2v) is 6.34. The molecule has 1 saturated heterocycles. The third-order valence-corrected chi connectivity index (χ3v) is 4.30. The second-order valence-electron chi connectivity index (χ2n) is 6.34. The summed E-state index contributed by atoms with van der Waals surface area (Å²) in [5.74, 6) is 0.951. The molecule has 5 heteroatoms. The first kappa shape index (κ1) is 19.2. The van der Waals surface area contributed by atoms with E-state index in [0.29, 0.717) is 0 Å². The Morgan fingerprint density at radius 1 is 0.955 bits per heavy atom. The molecule has 0 atom stereocenters. The van der Waals surface area contributed by atoms with Crippen molar-refractivity contribution in [1.82, 2.24) is 20.4 Å². The van der Waals surface area contributed by atoms with Crippen molar-refractivity contribution in [2.75, 3.05) is 59.9 Å². The van der Waals surface area contributed by atoms with Crippen molar-refractivity contribution in [2.45, 2.75) is 45.4 Å². The van der Waals surface area contributed by atoms with Crippen LogP contribution in [0.15, 0.2) is 4.99 Å². The van der Waals surface area contributed by atoms with Crippen LogP contribution in [0.5, 0.6) is 0 Å². The van der Waals surface area contributed by atoms with Gasteiger partial charge >= 0.3 is 0 Å². The number of aliphatic imine (C=N–C) groups is 1. The highest BCUT2D eigenvalue weighted by molar-refractivity contribution is 5.79. The number of nitrogens with zero attached hydrogens (tertiary/aromatic N) is 3. The van der Waals surface area contributed by atoms with E-state index in [1.54, 1.807) is 0 Å². The van der Waals surface area contributed by atoms with Crippen molar-refractivity contribution in [3.63, 3.8) is 0 Å². The van der Waals surface area contributed by atoms with Crippen molar-refractivity contribution in [3.05, 3.63) is 0 Å². The SMILES string of the molecule is CCCCCCNC(=NC)NCCCN1CCCN(C)CC1. The highest BCUT2D eigenvalue weighted by Crippen LogP contribution is 2.01. The molecule has 1 rings (SSSR count). The summed E-state index contributed by atoms with van der Waals surface area (Å²) in [5, 5.41) is 6.83. The Morgan fingerprint density at radius 2 is 1.73 bits per heavy atom. The van der Waals surface area contributed by atoms with E-state index in [-0.39, 0.29) is 0 Å². The van der Waals surface area contributed by atoms with Gasteiger partial charge in [-0.1, -0.05) is 26.2 Å². The Kier molecular flexibility index (Phi) is 11.1. The normalized spacial score (nSPS) is 18.2. The zero-order chi connectivity index (χ0) is 16.0. The van der Waals surface area contributed by atoms with E-state index in [9.17, 15) is 0 Å². The van der Waals surface area contributed by atoms with Crippen LogP contribution in [0.2, 0.25) is 0 Å². The summed E-state index contributed by atoms with van der Waals surface area (Å²) in [7, 11) is 4.08. The zero-order valence-electron chi connectivity index (χ0n) is 15.0. The van der Waals surface area contributed by atoms with Crippen LogP contribution in [0.3, 0.4) is 0 Å². The average Bonchev–Trinajstić information content (AvgIpc) is 2.73. The molecule has 0 aromatic rings. The van der Waals surface area contributed by atoms with Crippen molar-refractivity contribution in [3.8, 4) is 0 Å². The van der Waals surface area contributed by atoms with Crippen LogP contribution < -0.4 is 10.6 Å². The van der Waals surface area contributed by atoms with Gasteiger partial charge in [-0.25, -0.2) is 0 Å². The Balaban J connectivity index is 2.04. The molecule has 0 spiro atoms. The molecule has 0 aromatic carbocycles. The first-order valence-electron chi connectivity index (χ1n) is 9.11. The van der Waals surface area contributed by atoms with Gasteiger partial charge in [-0.2, -0.15) is 0 Å². The first-order chi connectivity index (χ1) is 10.8. The van der Waals surface area contributed by atoms with E-state index in [0.717, 1.165) is 19.0 Å². The van der Waals surface area contributed by atoms with E-state index >= 15 is 0 Å². The molecule has 0 saturated carbocycles. The maximum absolute atomic E-state index is 4.29. The number of guanidine groups is 1. The fraction of sp³-hybridized carbons (Fsp3) is 0.941. The molecule has 2 N–H and O–H groups in total. The van der Waals surface area contributed by atoms with Crippen LogP contribution in [0.25, 0.3) is 0 Å². The van der Waals surface area contributed by atoms with Crippen LogP contribution in [0, 0.1) is 0 Å². The smallest absolute Gasteiger partial charge is 0.190 e. The van der Waals surface area contributed by atoms with Gasteiger partial charge in [0.1, 0.15) is 0 Å². The van der Waals surface area contributed by atoms with E-state index in [4.69, 9.17) is 0 Å². The summed E-state index contributed by atoms with van der Waals surface area (Å²) in [5.41, 5.74) is 0. The van der Waals surface area contributed by atoms with Crippen LogP contribution in [0.1, 0.15) is 45.4 Å². The fourth-order valence-corrected chi connectivity index (χ4v) is 2.81. The highest BCUT2D eigenvalue weighted by atomic mass is 15.2. The molecular weight excluding hydrogens is 274 g/mol. The van der Waals surface area contributed by atoms with E-state index in [1.807, 2.05) is 7.05 Å². The number of rotatable bonds is 9. The summed E-state index contributed by atoms with van der Waals surface area (Å²) in [6.07, 6.45) is 7.64. The number of nitrogens with one attached hydrogen (secondary N) is 2. The van der Waals surface area contributed by atoms with Crippen molar-refractivity contribution >= 4 is 5.96 Å². The molecule has 0 unspecified atom stereocenters. The zero-order valence-corrected chi connectivity index (χ0v) is 15.0. The average molecular weight is 312 g/mol. The minimum Gasteiger partial charge on any atom is -0.356 e. The second kappa shape index (κ2) is 12.7. The Labute approximate surface area is 137 Å². The lowest BCUT2D eigenvalue weighted by Crippen LogP contribution is -2.39. The molecule has 5 nitrogen and oxygen atoms in total. The van der Waals surface area contributed by atoms with Crippen molar-refractivity contribution in [2.24, 2.45) is 4.99 Å². The van der Waals surface area contributed by atoms with Crippen LogP contribution in [0.4, 0.5) is 0 Å². The topological polar surface area (TPSA) is 42.9 Å². The molecular formula is C17H37N5. The van der Waals surface area contributed by atoms with Crippen LogP contribution in [-0.4, -0.2) is 75.7 Å². The van der Waals surface area contributed by atoms with Gasteiger partial charge in [0.25, 0.3) is 0 Å². The summed E-state index contributed by atoms with van der Waals surface area (Å²) in [6.45, 7) is 10.4. The lowest BCUT2D eigenvalue weighted by Gasteiger charge is -2.20. The van der Waals surface area contributed by atoms with Gasteiger partial charge in [0.2, 0.25) is 0 Å². The van der Waals surface area contributed by atoms with Crippen LogP contribution in [-0.2, 0) is 0 Å². The summed E-state index contributed by atoms with van der Waals surface area (Å²) >= 11 is 0. The molecule has 0 aromatic heterocycles. The molecule has 1 heterocycles. The molecule has 1 aliphatic rings. The lowest BCUT2D eigenvalue weighted by atomic mass is 10.2. The molecule has 0 bridgehead atoms. The Morgan fingerprint density at radius 3 is 2.45 bits per heavy atom. The van der Waals surface area contributed by atoms with Gasteiger partial charge < -0.3 is 20.4 Å². The minimum absolute atomic E-state index is 0.951. The third-order valence-electron chi connectivity index (χ3n) is 4.30. The molecule has 1 fully saturated rings. The predicted molar refractivity (Wildman–Crippen MR) is 96.7 cm³/mol. The maximum Gasteiger partial charge on any atom is 0.190 e. The first-order valence-corrected chi connectivity index (χ1v) is 9.11. The highest BCUT2D eigenvalue weighted by Gasteiger charge is 2.11. The standard InChI is InChI=1S/C17H37N5/c1-4-5-6-7-10-19-17(18-2)20-11-8-13-22-14-9-12-21(3)15-16-22/h4-16H2,1-3H3,(H2,18,19,20). The van der Waals surface area contributed by atoms with Crippen molar-refractivity contribution < 1.29 is 0 Å². The lowest BCUT2D eigenvalue weighted by molar-refractivity contribution is 0.274. The summed E-state index contributed by atoms with van der Waals surface area (Å²) in [6, 6.07) is 0. The molecule has 0 amide bonds. The minimum atomic E-state index is 0.951. The van der Waals surface area contributed by atoms with Gasteiger partial charge in [0, 0.05) is 33.2 Å². The van der Waals surface area contributed by atoms with E-state index in [2.05, 4.69) is 39.4 Å². The van der Waals surface area contributed by atoms with Crippen LogP contribution >= 0.6 is 0 Å². The quantitative estimate of drug-likeness (QED) is 0.387.